The zero-order chi connectivity index (χ0) is 14.1. The van der Waals surface area contributed by atoms with Gasteiger partial charge in [0.05, 0.1) is 5.69 Å². The molecule has 0 saturated heterocycles. The molecule has 0 fully saturated rings. The van der Waals surface area contributed by atoms with Crippen molar-refractivity contribution in [1.82, 2.24) is 14.9 Å². The van der Waals surface area contributed by atoms with E-state index in [1.807, 2.05) is 6.92 Å². The van der Waals surface area contributed by atoms with E-state index in [9.17, 15) is 4.79 Å². The van der Waals surface area contributed by atoms with Crippen molar-refractivity contribution >= 4 is 0 Å². The molecule has 1 aliphatic rings. The maximum atomic E-state index is 11.9. The number of aromatic amines is 1. The number of nitrogens with zero attached hydrogens (tertiary/aromatic N) is 2. The van der Waals surface area contributed by atoms with Crippen molar-refractivity contribution in [1.29, 1.82) is 0 Å². The highest BCUT2D eigenvalue weighted by Gasteiger charge is 2.20. The molecule has 20 heavy (non-hydrogen) atoms. The average molecular weight is 269 g/mol. The minimum absolute atomic E-state index is 0.0306. The first-order valence-corrected chi connectivity index (χ1v) is 6.99. The van der Waals surface area contributed by atoms with Gasteiger partial charge in [0.1, 0.15) is 5.82 Å². The summed E-state index contributed by atoms with van der Waals surface area (Å²) in [4.78, 5) is 21.5. The lowest BCUT2D eigenvalue weighted by Gasteiger charge is -2.28. The van der Waals surface area contributed by atoms with Crippen molar-refractivity contribution in [2.75, 3.05) is 6.54 Å². The zero-order valence-corrected chi connectivity index (χ0v) is 11.9. The topological polar surface area (TPSA) is 49.0 Å². The van der Waals surface area contributed by atoms with E-state index in [2.05, 4.69) is 46.1 Å². The van der Waals surface area contributed by atoms with Crippen LogP contribution < -0.4 is 5.56 Å². The molecular formula is C16H19N3O. The van der Waals surface area contributed by atoms with Gasteiger partial charge in [0.15, 0.2) is 0 Å². The van der Waals surface area contributed by atoms with Crippen LogP contribution in [0.25, 0.3) is 0 Å². The van der Waals surface area contributed by atoms with Crippen LogP contribution in [0.1, 0.15) is 28.2 Å². The van der Waals surface area contributed by atoms with Crippen molar-refractivity contribution in [2.24, 2.45) is 0 Å². The summed E-state index contributed by atoms with van der Waals surface area (Å²) in [6, 6.07) is 8.45. The fourth-order valence-electron chi connectivity index (χ4n) is 2.78. The number of hydrogen-bond donors (Lipinski definition) is 1. The molecule has 1 aliphatic heterocycles. The van der Waals surface area contributed by atoms with Crippen molar-refractivity contribution in [3.63, 3.8) is 0 Å². The minimum atomic E-state index is 0.0306. The standard InChI is InChI=1S/C16H19N3O/c1-11-5-3-4-6-13(11)9-19-8-7-14-15(10-19)17-12(2)18-16(14)20/h3-6H,7-10H2,1-2H3,(H,17,18,20). The molecule has 0 amide bonds. The average Bonchev–Trinajstić information content (AvgIpc) is 2.41. The van der Waals surface area contributed by atoms with Crippen molar-refractivity contribution in [3.05, 3.63) is 62.8 Å². The Morgan fingerprint density at radius 2 is 2.10 bits per heavy atom. The predicted molar refractivity (Wildman–Crippen MR) is 78.6 cm³/mol. The predicted octanol–water partition coefficient (Wildman–Crippen LogP) is 1.95. The first-order valence-electron chi connectivity index (χ1n) is 6.99. The molecule has 1 aromatic heterocycles. The summed E-state index contributed by atoms with van der Waals surface area (Å²) in [5.41, 5.74) is 4.48. The summed E-state index contributed by atoms with van der Waals surface area (Å²) in [5, 5.41) is 0. The van der Waals surface area contributed by atoms with Gasteiger partial charge in [0.25, 0.3) is 5.56 Å². The van der Waals surface area contributed by atoms with Gasteiger partial charge in [-0.15, -0.1) is 0 Å². The van der Waals surface area contributed by atoms with Crippen LogP contribution in [0.5, 0.6) is 0 Å². The van der Waals surface area contributed by atoms with Crippen molar-refractivity contribution < 1.29 is 0 Å². The highest BCUT2D eigenvalue weighted by Crippen LogP contribution is 2.17. The Morgan fingerprint density at radius 3 is 2.90 bits per heavy atom. The Labute approximate surface area is 118 Å². The lowest BCUT2D eigenvalue weighted by Crippen LogP contribution is -2.35. The maximum absolute atomic E-state index is 11.9. The van der Waals surface area contributed by atoms with Crippen LogP contribution in [0.2, 0.25) is 0 Å². The van der Waals surface area contributed by atoms with Crippen LogP contribution in [0.4, 0.5) is 0 Å². The first kappa shape index (κ1) is 13.1. The normalized spacial score (nSPS) is 15.1. The lowest BCUT2D eigenvalue weighted by atomic mass is 10.0. The third kappa shape index (κ3) is 2.51. The van der Waals surface area contributed by atoms with Gasteiger partial charge in [-0.25, -0.2) is 4.98 Å². The third-order valence-corrected chi connectivity index (χ3v) is 3.93. The van der Waals surface area contributed by atoms with Crippen LogP contribution >= 0.6 is 0 Å². The molecule has 2 aromatic rings. The second-order valence-electron chi connectivity index (χ2n) is 5.46. The van der Waals surface area contributed by atoms with Crippen molar-refractivity contribution in [2.45, 2.75) is 33.4 Å². The SMILES string of the molecule is Cc1nc2c(c(=O)[nH]1)CCN(Cc1ccccc1C)C2. The molecule has 0 saturated carbocycles. The third-order valence-electron chi connectivity index (χ3n) is 3.93. The van der Waals surface area contributed by atoms with Gasteiger partial charge < -0.3 is 4.98 Å². The van der Waals surface area contributed by atoms with E-state index in [4.69, 9.17) is 0 Å². The van der Waals surface area contributed by atoms with E-state index in [0.29, 0.717) is 5.82 Å². The molecule has 4 nitrogen and oxygen atoms in total. The Balaban J connectivity index is 1.82. The van der Waals surface area contributed by atoms with Crippen LogP contribution in [0.3, 0.4) is 0 Å². The van der Waals surface area contributed by atoms with Gasteiger partial charge in [0, 0.05) is 25.2 Å². The largest absolute Gasteiger partial charge is 0.311 e. The highest BCUT2D eigenvalue weighted by molar-refractivity contribution is 5.26. The molecular weight excluding hydrogens is 250 g/mol. The minimum Gasteiger partial charge on any atom is -0.311 e. The molecule has 4 heteroatoms. The summed E-state index contributed by atoms with van der Waals surface area (Å²) in [7, 11) is 0. The summed E-state index contributed by atoms with van der Waals surface area (Å²) in [6.07, 6.45) is 0.782. The number of aryl methyl sites for hydroxylation is 2. The fraction of sp³-hybridized carbons (Fsp3) is 0.375. The number of benzene rings is 1. The van der Waals surface area contributed by atoms with Gasteiger partial charge in [0.2, 0.25) is 0 Å². The van der Waals surface area contributed by atoms with E-state index in [-0.39, 0.29) is 5.56 Å². The first-order chi connectivity index (χ1) is 9.63. The summed E-state index contributed by atoms with van der Waals surface area (Å²) >= 11 is 0. The van der Waals surface area contributed by atoms with Gasteiger partial charge >= 0.3 is 0 Å². The molecule has 3 rings (SSSR count). The summed E-state index contributed by atoms with van der Waals surface area (Å²) < 4.78 is 0. The second kappa shape index (κ2) is 5.21. The zero-order valence-electron chi connectivity index (χ0n) is 11.9. The number of aromatic nitrogens is 2. The number of fused-ring (bicyclic) bond motifs is 1. The number of nitrogens with one attached hydrogen (secondary N) is 1. The van der Waals surface area contributed by atoms with E-state index < -0.39 is 0 Å². The van der Waals surface area contributed by atoms with Gasteiger partial charge in [-0.2, -0.15) is 0 Å². The number of rotatable bonds is 2. The molecule has 0 unspecified atom stereocenters. The summed E-state index contributed by atoms with van der Waals surface area (Å²) in [5.74, 6) is 0.700. The maximum Gasteiger partial charge on any atom is 0.254 e. The van der Waals surface area contributed by atoms with Crippen LogP contribution in [-0.4, -0.2) is 21.4 Å². The lowest BCUT2D eigenvalue weighted by molar-refractivity contribution is 0.239. The Morgan fingerprint density at radius 1 is 1.30 bits per heavy atom. The van der Waals surface area contributed by atoms with E-state index in [0.717, 1.165) is 37.3 Å². The highest BCUT2D eigenvalue weighted by atomic mass is 16.1. The Hall–Kier alpha value is -1.94. The number of hydrogen-bond acceptors (Lipinski definition) is 3. The molecule has 0 atom stereocenters. The molecule has 0 radical (unpaired) electrons. The van der Waals surface area contributed by atoms with E-state index in [1.165, 1.54) is 11.1 Å². The quantitative estimate of drug-likeness (QED) is 0.906. The number of H-pyrrole nitrogens is 1. The van der Waals surface area contributed by atoms with Gasteiger partial charge in [-0.3, -0.25) is 9.69 Å². The Kier molecular flexibility index (Phi) is 3.40. The van der Waals surface area contributed by atoms with Crippen LogP contribution in [0, 0.1) is 13.8 Å². The fourth-order valence-corrected chi connectivity index (χ4v) is 2.78. The second-order valence-corrected chi connectivity index (χ2v) is 5.46. The summed E-state index contributed by atoms with van der Waals surface area (Å²) in [6.45, 7) is 6.56. The molecule has 1 N–H and O–H groups in total. The monoisotopic (exact) mass is 269 g/mol. The molecule has 2 heterocycles. The molecule has 1 aromatic carbocycles. The van der Waals surface area contributed by atoms with Crippen molar-refractivity contribution in [3.8, 4) is 0 Å². The smallest absolute Gasteiger partial charge is 0.254 e. The van der Waals surface area contributed by atoms with Gasteiger partial charge in [-0.05, 0) is 31.4 Å². The van der Waals surface area contributed by atoms with E-state index in [1.54, 1.807) is 0 Å². The molecule has 0 bridgehead atoms. The molecule has 0 aliphatic carbocycles. The van der Waals surface area contributed by atoms with Crippen LogP contribution in [-0.2, 0) is 19.5 Å². The molecule has 0 spiro atoms. The van der Waals surface area contributed by atoms with Gasteiger partial charge in [-0.1, -0.05) is 24.3 Å². The van der Waals surface area contributed by atoms with E-state index >= 15 is 0 Å². The molecule has 104 valence electrons. The van der Waals surface area contributed by atoms with Crippen LogP contribution in [0.15, 0.2) is 29.1 Å². The Bertz CT molecular complexity index is 690.